The quantitative estimate of drug-likeness (QED) is 0.585. The molecule has 0 saturated heterocycles. The number of halogens is 1. The van der Waals surface area contributed by atoms with Crippen molar-refractivity contribution in [1.29, 1.82) is 0 Å². The Hall–Kier alpha value is -0.560. The zero-order valence-corrected chi connectivity index (χ0v) is 6.02. The number of pyridine rings is 1. The van der Waals surface area contributed by atoms with Crippen molar-refractivity contribution in [3.05, 3.63) is 29.0 Å². The van der Waals surface area contributed by atoms with Gasteiger partial charge in [-0.25, -0.2) is 0 Å². The van der Waals surface area contributed by atoms with E-state index in [4.69, 9.17) is 11.6 Å². The van der Waals surface area contributed by atoms with E-state index in [0.29, 0.717) is 0 Å². The molecule has 0 saturated carbocycles. The number of nitrogens with zero attached hydrogens (tertiary/aromatic N) is 1. The number of aromatic nitrogens is 1. The van der Waals surface area contributed by atoms with E-state index in [1.165, 1.54) is 0 Å². The van der Waals surface area contributed by atoms with Crippen LogP contribution >= 0.6 is 11.6 Å². The molecule has 0 aromatic carbocycles. The summed E-state index contributed by atoms with van der Waals surface area (Å²) in [5.41, 5.74) is 0.971. The second-order valence-corrected chi connectivity index (χ2v) is 2.19. The van der Waals surface area contributed by atoms with Crippen LogP contribution in [0.2, 0.25) is 5.02 Å². The highest BCUT2D eigenvalue weighted by atomic mass is 35.5. The zero-order chi connectivity index (χ0) is 6.69. The fourth-order valence-electron chi connectivity index (χ4n) is 0.679. The predicted molar refractivity (Wildman–Crippen MR) is 38.6 cm³/mol. The Balaban J connectivity index is 3.01. The molecule has 2 heteroatoms. The van der Waals surface area contributed by atoms with Gasteiger partial charge in [0.25, 0.3) is 0 Å². The first-order chi connectivity index (χ1) is 4.34. The van der Waals surface area contributed by atoms with Crippen molar-refractivity contribution in [2.45, 2.75) is 13.3 Å². The van der Waals surface area contributed by atoms with Crippen LogP contribution in [0.5, 0.6) is 0 Å². The molecule has 1 nitrogen and oxygen atoms in total. The van der Waals surface area contributed by atoms with Crippen molar-refractivity contribution in [3.63, 3.8) is 0 Å². The molecule has 0 N–H and O–H groups in total. The maximum absolute atomic E-state index is 5.76. The average molecular weight is 142 g/mol. The van der Waals surface area contributed by atoms with Gasteiger partial charge in [0.15, 0.2) is 0 Å². The van der Waals surface area contributed by atoms with Crippen molar-refractivity contribution in [2.75, 3.05) is 0 Å². The van der Waals surface area contributed by atoms with Crippen molar-refractivity contribution < 1.29 is 0 Å². The highest BCUT2D eigenvalue weighted by molar-refractivity contribution is 6.31. The van der Waals surface area contributed by atoms with Gasteiger partial charge < -0.3 is 0 Å². The number of hydrogen-bond donors (Lipinski definition) is 0. The molecule has 9 heavy (non-hydrogen) atoms. The Morgan fingerprint density at radius 1 is 1.67 bits per heavy atom. The predicted octanol–water partition coefficient (Wildman–Crippen LogP) is 2.30. The van der Waals surface area contributed by atoms with Crippen LogP contribution in [0.3, 0.4) is 0 Å². The summed E-state index contributed by atoms with van der Waals surface area (Å²) < 4.78 is 0. The first-order valence-corrected chi connectivity index (χ1v) is 3.31. The van der Waals surface area contributed by atoms with Crippen molar-refractivity contribution in [1.82, 2.24) is 4.98 Å². The van der Waals surface area contributed by atoms with Crippen LogP contribution < -0.4 is 0 Å². The van der Waals surface area contributed by atoms with Crippen LogP contribution in [0, 0.1) is 0 Å². The molecule has 0 atom stereocenters. The third-order valence-electron chi connectivity index (χ3n) is 1.17. The van der Waals surface area contributed by atoms with Gasteiger partial charge in [-0.2, -0.15) is 0 Å². The normalized spacial score (nSPS) is 9.56. The molecule has 0 spiro atoms. The number of hydrogen-bond acceptors (Lipinski definition) is 1. The molecule has 0 fully saturated rings. The Kier molecular flexibility index (Phi) is 2.06. The van der Waals surface area contributed by atoms with Gasteiger partial charge in [-0.3, -0.25) is 4.98 Å². The van der Waals surface area contributed by atoms with E-state index in [1.54, 1.807) is 6.20 Å². The summed E-state index contributed by atoms with van der Waals surface area (Å²) in [5.74, 6) is 0. The summed E-state index contributed by atoms with van der Waals surface area (Å²) in [7, 11) is 0. The number of rotatable bonds is 1. The topological polar surface area (TPSA) is 12.9 Å². The largest absolute Gasteiger partial charge is 0.260 e. The van der Waals surface area contributed by atoms with E-state index < -0.39 is 0 Å². The van der Waals surface area contributed by atoms with Gasteiger partial charge in [-0.15, -0.1) is 0 Å². The number of aryl methyl sites for hydroxylation is 1. The van der Waals surface area contributed by atoms with E-state index in [-0.39, 0.29) is 0 Å². The summed E-state index contributed by atoms with van der Waals surface area (Å²) in [5, 5.41) is 0.764. The van der Waals surface area contributed by atoms with Gasteiger partial charge in [0.1, 0.15) is 0 Å². The summed E-state index contributed by atoms with van der Waals surface area (Å²) >= 11 is 5.76. The minimum Gasteiger partial charge on any atom is -0.260 e. The van der Waals surface area contributed by atoms with Crippen LogP contribution in [0.25, 0.3) is 0 Å². The van der Waals surface area contributed by atoms with E-state index in [1.807, 2.05) is 19.1 Å². The lowest BCUT2D eigenvalue weighted by molar-refractivity contribution is 1.04. The third kappa shape index (κ3) is 1.42. The van der Waals surface area contributed by atoms with E-state index in [9.17, 15) is 0 Å². The minimum atomic E-state index is 0.764. The summed E-state index contributed by atoms with van der Waals surface area (Å²) in [6.45, 7) is 2.04. The Morgan fingerprint density at radius 2 is 2.44 bits per heavy atom. The SMILES string of the molecule is CCc1ncccc1Cl. The second-order valence-electron chi connectivity index (χ2n) is 1.79. The molecule has 0 amide bonds. The fourth-order valence-corrected chi connectivity index (χ4v) is 0.934. The van der Waals surface area contributed by atoms with Gasteiger partial charge in [-0.1, -0.05) is 18.5 Å². The third-order valence-corrected chi connectivity index (χ3v) is 1.51. The van der Waals surface area contributed by atoms with Gasteiger partial charge in [0, 0.05) is 6.20 Å². The Labute approximate surface area is 59.7 Å². The molecule has 0 aliphatic carbocycles. The molecular formula is C7H8ClN. The molecule has 1 aromatic rings. The first-order valence-electron chi connectivity index (χ1n) is 2.94. The van der Waals surface area contributed by atoms with Crippen LogP contribution in [-0.4, -0.2) is 4.98 Å². The summed E-state index contributed by atoms with van der Waals surface area (Å²) in [6.07, 6.45) is 2.66. The van der Waals surface area contributed by atoms with Crippen molar-refractivity contribution in [2.24, 2.45) is 0 Å². The minimum absolute atomic E-state index is 0.764. The second kappa shape index (κ2) is 2.83. The summed E-state index contributed by atoms with van der Waals surface area (Å²) in [6, 6.07) is 3.69. The maximum Gasteiger partial charge on any atom is 0.0621 e. The molecule has 1 rings (SSSR count). The summed E-state index contributed by atoms with van der Waals surface area (Å²) in [4.78, 5) is 4.06. The van der Waals surface area contributed by atoms with Crippen LogP contribution in [0.4, 0.5) is 0 Å². The molecule has 0 radical (unpaired) electrons. The van der Waals surface area contributed by atoms with E-state index >= 15 is 0 Å². The smallest absolute Gasteiger partial charge is 0.0621 e. The highest BCUT2D eigenvalue weighted by Gasteiger charge is 1.93. The van der Waals surface area contributed by atoms with Gasteiger partial charge >= 0.3 is 0 Å². The van der Waals surface area contributed by atoms with Gasteiger partial charge in [0.2, 0.25) is 0 Å². The molecule has 0 aliphatic rings. The molecule has 0 unspecified atom stereocenters. The highest BCUT2D eigenvalue weighted by Crippen LogP contribution is 2.11. The molecule has 1 aromatic heterocycles. The monoisotopic (exact) mass is 141 g/mol. The van der Waals surface area contributed by atoms with Crippen LogP contribution in [0.15, 0.2) is 18.3 Å². The van der Waals surface area contributed by atoms with Gasteiger partial charge in [0.05, 0.1) is 10.7 Å². The van der Waals surface area contributed by atoms with Crippen molar-refractivity contribution in [3.8, 4) is 0 Å². The fraction of sp³-hybridized carbons (Fsp3) is 0.286. The zero-order valence-electron chi connectivity index (χ0n) is 5.26. The Morgan fingerprint density at radius 3 is 2.89 bits per heavy atom. The van der Waals surface area contributed by atoms with Gasteiger partial charge in [-0.05, 0) is 18.6 Å². The standard InChI is InChI=1S/C7H8ClN/c1-2-7-6(8)4-3-5-9-7/h3-5H,2H2,1H3. The lowest BCUT2D eigenvalue weighted by atomic mass is 10.3. The van der Waals surface area contributed by atoms with Crippen LogP contribution in [-0.2, 0) is 6.42 Å². The van der Waals surface area contributed by atoms with E-state index in [2.05, 4.69) is 4.98 Å². The van der Waals surface area contributed by atoms with Crippen LogP contribution in [0.1, 0.15) is 12.6 Å². The van der Waals surface area contributed by atoms with Crippen molar-refractivity contribution >= 4 is 11.6 Å². The molecule has 0 bridgehead atoms. The molecule has 0 aliphatic heterocycles. The average Bonchev–Trinajstić information content (AvgIpc) is 1.89. The molecule has 1 heterocycles. The first kappa shape index (κ1) is 6.56. The molecule has 48 valence electrons. The lowest BCUT2D eigenvalue weighted by Crippen LogP contribution is -1.84. The maximum atomic E-state index is 5.76. The lowest BCUT2D eigenvalue weighted by Gasteiger charge is -1.95. The molecular weight excluding hydrogens is 134 g/mol. The van der Waals surface area contributed by atoms with E-state index in [0.717, 1.165) is 17.1 Å². The Bertz CT molecular complexity index is 198.